The van der Waals surface area contributed by atoms with Crippen molar-refractivity contribution in [2.75, 3.05) is 57.2 Å². The Morgan fingerprint density at radius 3 is 2.29 bits per heavy atom. The van der Waals surface area contributed by atoms with Gasteiger partial charge in [-0.25, -0.2) is 8.42 Å². The summed E-state index contributed by atoms with van der Waals surface area (Å²) in [4.78, 5) is 16.3. The predicted octanol–water partition coefficient (Wildman–Crippen LogP) is 3.93. The number of anilines is 1. The second-order valence-electron chi connectivity index (χ2n) is 10.2. The average Bonchev–Trinajstić information content (AvgIpc) is 3.01. The van der Waals surface area contributed by atoms with Crippen molar-refractivity contribution in [3.05, 3.63) is 58.6 Å². The van der Waals surface area contributed by atoms with Crippen molar-refractivity contribution < 1.29 is 35.9 Å². The molecule has 7 nitrogen and oxygen atoms in total. The van der Waals surface area contributed by atoms with E-state index in [1.54, 1.807) is 30.3 Å². The van der Waals surface area contributed by atoms with Crippen LogP contribution in [0.5, 0.6) is 5.75 Å². The van der Waals surface area contributed by atoms with Gasteiger partial charge >= 0.3 is 6.18 Å². The summed E-state index contributed by atoms with van der Waals surface area (Å²) in [6.07, 6.45) is -2.52. The normalized spacial score (nSPS) is 20.9. The van der Waals surface area contributed by atoms with E-state index in [2.05, 4.69) is 4.90 Å². The minimum absolute atomic E-state index is 0.135. The Balaban J connectivity index is 1.19. The third-order valence-electron chi connectivity index (χ3n) is 7.90. The standard InChI is InChI=1S/C26H28ClF3N2O5S/c1-38(34,35)25(16-36-17-25)18-2-5-20(6-3-18)37-13-12-31-10-8-24(9-11-31)21-14-19(27)4-7-22(21)32(23(24)33)15-26(28,29)30/h2-7,14H,8-13,15-17H2,1H3. The first kappa shape index (κ1) is 27.2. The summed E-state index contributed by atoms with van der Waals surface area (Å²) in [6, 6.07) is 11.6. The molecule has 3 aliphatic heterocycles. The van der Waals surface area contributed by atoms with Gasteiger partial charge in [0.1, 0.15) is 23.6 Å². The summed E-state index contributed by atoms with van der Waals surface area (Å²) < 4.78 is 74.2. The molecule has 0 saturated carbocycles. The van der Waals surface area contributed by atoms with E-state index < -0.39 is 38.6 Å². The monoisotopic (exact) mass is 572 g/mol. The Morgan fingerprint density at radius 1 is 1.08 bits per heavy atom. The van der Waals surface area contributed by atoms with Crippen LogP contribution in [0.1, 0.15) is 24.0 Å². The summed E-state index contributed by atoms with van der Waals surface area (Å²) in [6.45, 7) is 0.931. The van der Waals surface area contributed by atoms with E-state index >= 15 is 0 Å². The zero-order valence-corrected chi connectivity index (χ0v) is 22.3. The van der Waals surface area contributed by atoms with Crippen molar-refractivity contribution in [3.63, 3.8) is 0 Å². The summed E-state index contributed by atoms with van der Waals surface area (Å²) >= 11 is 6.16. The fourth-order valence-electron chi connectivity index (χ4n) is 5.62. The Labute approximate surface area is 224 Å². The molecule has 0 N–H and O–H groups in total. The smallest absolute Gasteiger partial charge is 0.406 e. The van der Waals surface area contributed by atoms with Gasteiger partial charge in [-0.3, -0.25) is 9.69 Å². The van der Waals surface area contributed by atoms with E-state index in [4.69, 9.17) is 21.1 Å². The van der Waals surface area contributed by atoms with E-state index in [0.29, 0.717) is 61.0 Å². The van der Waals surface area contributed by atoms with Crippen molar-refractivity contribution in [1.29, 1.82) is 0 Å². The number of ether oxygens (including phenoxy) is 2. The Morgan fingerprint density at radius 2 is 1.74 bits per heavy atom. The number of alkyl halides is 3. The lowest BCUT2D eigenvalue weighted by molar-refractivity contribution is -0.135. The van der Waals surface area contributed by atoms with Gasteiger partial charge in [0.15, 0.2) is 9.84 Å². The molecule has 1 spiro atoms. The second-order valence-corrected chi connectivity index (χ2v) is 13.0. The molecular weight excluding hydrogens is 545 g/mol. The largest absolute Gasteiger partial charge is 0.492 e. The molecular formula is C26H28ClF3N2O5S. The highest BCUT2D eigenvalue weighted by atomic mass is 35.5. The SMILES string of the molecule is CS(=O)(=O)C1(c2ccc(OCCN3CCC4(CC3)C(=O)N(CC(F)(F)F)c3ccc(Cl)cc34)cc2)COC1. The highest BCUT2D eigenvalue weighted by Crippen LogP contribution is 2.49. The number of benzene rings is 2. The number of fused-ring (bicyclic) bond motifs is 2. The van der Waals surface area contributed by atoms with Crippen molar-refractivity contribution in [2.45, 2.75) is 29.2 Å². The maximum atomic E-state index is 13.3. The van der Waals surface area contributed by atoms with Crippen LogP contribution < -0.4 is 9.64 Å². The number of sulfone groups is 1. The highest BCUT2D eigenvalue weighted by Gasteiger charge is 2.54. The van der Waals surface area contributed by atoms with Gasteiger partial charge in [-0.15, -0.1) is 0 Å². The molecule has 12 heteroatoms. The van der Waals surface area contributed by atoms with Crippen LogP contribution in [-0.4, -0.2) is 77.7 Å². The van der Waals surface area contributed by atoms with E-state index in [1.807, 2.05) is 0 Å². The van der Waals surface area contributed by atoms with Gasteiger partial charge in [0.25, 0.3) is 0 Å². The zero-order chi connectivity index (χ0) is 27.3. The lowest BCUT2D eigenvalue weighted by Crippen LogP contribution is -2.52. The topological polar surface area (TPSA) is 76.2 Å². The van der Waals surface area contributed by atoms with Crippen molar-refractivity contribution in [1.82, 2.24) is 4.90 Å². The summed E-state index contributed by atoms with van der Waals surface area (Å²) in [5, 5.41) is 0.388. The first-order valence-corrected chi connectivity index (χ1v) is 14.5. The minimum atomic E-state index is -4.51. The van der Waals surface area contributed by atoms with Crippen LogP contribution in [0.15, 0.2) is 42.5 Å². The van der Waals surface area contributed by atoms with Crippen LogP contribution >= 0.6 is 11.6 Å². The Bertz CT molecular complexity index is 1320. The quantitative estimate of drug-likeness (QED) is 0.500. The molecule has 38 heavy (non-hydrogen) atoms. The van der Waals surface area contributed by atoms with E-state index in [0.717, 1.165) is 4.90 Å². The lowest BCUT2D eigenvalue weighted by Gasteiger charge is -2.40. The zero-order valence-electron chi connectivity index (χ0n) is 20.8. The van der Waals surface area contributed by atoms with Crippen LogP contribution in [0, 0.1) is 0 Å². The molecule has 0 aliphatic carbocycles. The Kier molecular flexibility index (Phi) is 6.95. The molecule has 2 aromatic rings. The number of carbonyl (C=O) groups excluding carboxylic acids is 1. The molecule has 1 amide bonds. The van der Waals surface area contributed by atoms with Gasteiger partial charge < -0.3 is 14.4 Å². The predicted molar refractivity (Wildman–Crippen MR) is 136 cm³/mol. The average molecular weight is 573 g/mol. The van der Waals surface area contributed by atoms with Crippen molar-refractivity contribution in [2.24, 2.45) is 0 Å². The summed E-state index contributed by atoms with van der Waals surface area (Å²) in [7, 11) is -3.33. The summed E-state index contributed by atoms with van der Waals surface area (Å²) in [5.74, 6) is 0.0789. The molecule has 0 radical (unpaired) electrons. The minimum Gasteiger partial charge on any atom is -0.492 e. The van der Waals surface area contributed by atoms with Crippen LogP contribution in [0.3, 0.4) is 0 Å². The lowest BCUT2D eigenvalue weighted by atomic mass is 9.73. The third-order valence-corrected chi connectivity index (χ3v) is 10.0. The number of likely N-dealkylation sites (tertiary alicyclic amines) is 1. The number of hydrogen-bond acceptors (Lipinski definition) is 6. The molecule has 0 atom stereocenters. The second kappa shape index (κ2) is 9.69. The molecule has 2 saturated heterocycles. The first-order chi connectivity index (χ1) is 17.8. The number of piperidine rings is 1. The van der Waals surface area contributed by atoms with Gasteiger partial charge in [-0.1, -0.05) is 23.7 Å². The van der Waals surface area contributed by atoms with Gasteiger partial charge in [0, 0.05) is 23.5 Å². The number of hydrogen-bond donors (Lipinski definition) is 0. The third kappa shape index (κ3) is 4.78. The van der Waals surface area contributed by atoms with Gasteiger partial charge in [0.2, 0.25) is 5.91 Å². The molecule has 5 rings (SSSR count). The molecule has 206 valence electrons. The van der Waals surface area contributed by atoms with Crippen LogP contribution in [0.2, 0.25) is 5.02 Å². The molecule has 0 bridgehead atoms. The number of nitrogens with zero attached hydrogens (tertiary/aromatic N) is 2. The maximum Gasteiger partial charge on any atom is 0.406 e. The van der Waals surface area contributed by atoms with Crippen molar-refractivity contribution >= 4 is 33.0 Å². The molecule has 3 aliphatic rings. The number of halogens is 4. The fraction of sp³-hybridized carbons (Fsp3) is 0.500. The highest BCUT2D eigenvalue weighted by molar-refractivity contribution is 7.91. The maximum absolute atomic E-state index is 13.3. The van der Waals surface area contributed by atoms with Crippen LogP contribution in [-0.2, 0) is 29.5 Å². The van der Waals surface area contributed by atoms with Crippen molar-refractivity contribution in [3.8, 4) is 5.75 Å². The molecule has 2 fully saturated rings. The number of carbonyl (C=O) groups is 1. The first-order valence-electron chi connectivity index (χ1n) is 12.3. The number of rotatable bonds is 7. The summed E-state index contributed by atoms with van der Waals surface area (Å²) in [5.41, 5.74) is 0.502. The van der Waals surface area contributed by atoms with Crippen LogP contribution in [0.4, 0.5) is 18.9 Å². The van der Waals surface area contributed by atoms with E-state index in [-0.39, 0.29) is 18.9 Å². The molecule has 3 heterocycles. The van der Waals surface area contributed by atoms with E-state index in [9.17, 15) is 26.4 Å². The molecule has 0 unspecified atom stereocenters. The molecule has 2 aromatic carbocycles. The van der Waals surface area contributed by atoms with E-state index in [1.165, 1.54) is 18.4 Å². The Hall–Kier alpha value is -2.34. The molecule has 0 aromatic heterocycles. The van der Waals surface area contributed by atoms with Crippen LogP contribution in [0.25, 0.3) is 0 Å². The number of amides is 1. The fourth-order valence-corrected chi connectivity index (χ4v) is 6.95. The van der Waals surface area contributed by atoms with Gasteiger partial charge in [-0.2, -0.15) is 13.2 Å². The van der Waals surface area contributed by atoms with Gasteiger partial charge in [-0.05, 0) is 67.4 Å². The van der Waals surface area contributed by atoms with Gasteiger partial charge in [0.05, 0.1) is 18.6 Å².